The molecule has 32 heavy (non-hydrogen) atoms. The number of benzene rings is 1. The first kappa shape index (κ1) is 23.5. The van der Waals surface area contributed by atoms with Gasteiger partial charge >= 0.3 is 6.18 Å². The first-order valence-electron chi connectivity index (χ1n) is 9.44. The molecule has 0 bridgehead atoms. The summed E-state index contributed by atoms with van der Waals surface area (Å²) < 4.78 is 67.9. The van der Waals surface area contributed by atoms with Gasteiger partial charge in [0.05, 0.1) is 25.5 Å². The number of aliphatic hydroxyl groups is 1. The highest BCUT2D eigenvalue weighted by molar-refractivity contribution is 5.70. The molecular weight excluding hydrogens is 437 g/mol. The Morgan fingerprint density at radius 3 is 2.69 bits per heavy atom. The first-order valence-corrected chi connectivity index (χ1v) is 9.44. The molecule has 2 heterocycles. The lowest BCUT2D eigenvalue weighted by Gasteiger charge is -2.12. The molecule has 1 aromatic carbocycles. The van der Waals surface area contributed by atoms with Crippen molar-refractivity contribution in [2.45, 2.75) is 32.2 Å². The van der Waals surface area contributed by atoms with Crippen LogP contribution in [0.1, 0.15) is 17.7 Å². The van der Waals surface area contributed by atoms with E-state index < -0.39 is 37.6 Å². The number of nitrogens with one attached hydrogen (secondary N) is 1. The number of anilines is 2. The van der Waals surface area contributed by atoms with E-state index in [0.29, 0.717) is 11.3 Å². The van der Waals surface area contributed by atoms with E-state index in [9.17, 15) is 27.1 Å². The summed E-state index contributed by atoms with van der Waals surface area (Å²) in [5.41, 5.74) is 2.46. The molecule has 172 valence electrons. The van der Waals surface area contributed by atoms with Gasteiger partial charge in [-0.25, -0.2) is 18.7 Å². The Hall–Kier alpha value is -3.12. The van der Waals surface area contributed by atoms with Crippen molar-refractivity contribution >= 4 is 11.6 Å². The van der Waals surface area contributed by atoms with Crippen LogP contribution in [-0.4, -0.2) is 50.3 Å². The topological polar surface area (TPSA) is 85.1 Å². The Labute approximate surface area is 179 Å². The molecule has 0 spiro atoms. The number of hydrogen-bond acceptors (Lipinski definition) is 6. The molecule has 1 unspecified atom stereocenters. The summed E-state index contributed by atoms with van der Waals surface area (Å²) in [6.45, 7) is -0.122. The minimum atomic E-state index is -4.46. The Balaban J connectivity index is 1.68. The van der Waals surface area contributed by atoms with Crippen molar-refractivity contribution in [3.63, 3.8) is 0 Å². The van der Waals surface area contributed by atoms with Crippen molar-refractivity contribution in [1.82, 2.24) is 19.7 Å². The summed E-state index contributed by atoms with van der Waals surface area (Å²) >= 11 is 0. The molecule has 0 aliphatic heterocycles. The lowest BCUT2D eigenvalue weighted by molar-refractivity contribution is -0.179. The van der Waals surface area contributed by atoms with Crippen molar-refractivity contribution < 1.29 is 31.8 Å². The minimum Gasteiger partial charge on any atom is -0.389 e. The Morgan fingerprint density at radius 2 is 1.97 bits per heavy atom. The standard InChI is InChI=1S/C20H20F5N5O2/c1-12-4-13(6-15(5-12)28-19-26-3-2-17(29-19)18(21)22)14-7-27-30(8-14)9-16(31)10-32-11-20(23,24)25/h2-8,16,18,31H,9-11H2,1H3,(H,26,28,29). The number of aliphatic hydroxyl groups excluding tert-OH is 1. The molecule has 0 aliphatic carbocycles. The highest BCUT2D eigenvalue weighted by Crippen LogP contribution is 2.26. The smallest absolute Gasteiger partial charge is 0.389 e. The number of rotatable bonds is 9. The molecule has 3 rings (SSSR count). The van der Waals surface area contributed by atoms with Gasteiger partial charge in [-0.2, -0.15) is 18.3 Å². The fraction of sp³-hybridized carbons (Fsp3) is 0.350. The normalized spacial score (nSPS) is 12.9. The Kier molecular flexibility index (Phi) is 7.36. The van der Waals surface area contributed by atoms with E-state index in [0.717, 1.165) is 17.2 Å². The Morgan fingerprint density at radius 1 is 1.19 bits per heavy atom. The average molecular weight is 457 g/mol. The number of nitrogens with zero attached hydrogens (tertiary/aromatic N) is 4. The molecular formula is C20H20F5N5O2. The number of aromatic nitrogens is 4. The van der Waals surface area contributed by atoms with Crippen molar-refractivity contribution in [2.75, 3.05) is 18.5 Å². The summed E-state index contributed by atoms with van der Waals surface area (Å²) in [4.78, 5) is 7.72. The average Bonchev–Trinajstić information content (AvgIpc) is 3.15. The van der Waals surface area contributed by atoms with Gasteiger partial charge in [0.25, 0.3) is 6.43 Å². The van der Waals surface area contributed by atoms with Crippen LogP contribution in [0.15, 0.2) is 42.9 Å². The van der Waals surface area contributed by atoms with Gasteiger partial charge in [-0.15, -0.1) is 0 Å². The molecule has 2 N–H and O–H groups in total. The summed E-state index contributed by atoms with van der Waals surface area (Å²) in [7, 11) is 0. The van der Waals surface area contributed by atoms with E-state index >= 15 is 0 Å². The number of hydrogen-bond donors (Lipinski definition) is 2. The van der Waals surface area contributed by atoms with Crippen LogP contribution >= 0.6 is 0 Å². The molecule has 2 aromatic heterocycles. The van der Waals surface area contributed by atoms with Crippen LogP contribution in [0.25, 0.3) is 11.1 Å². The number of aryl methyl sites for hydroxylation is 1. The molecule has 0 aliphatic rings. The van der Waals surface area contributed by atoms with Gasteiger partial charge in [-0.3, -0.25) is 4.68 Å². The SMILES string of the molecule is Cc1cc(Nc2nccc(C(F)F)n2)cc(-c2cnn(CC(O)COCC(F)(F)F)c2)c1. The fourth-order valence-corrected chi connectivity index (χ4v) is 2.90. The monoisotopic (exact) mass is 457 g/mol. The zero-order chi connectivity index (χ0) is 23.3. The molecule has 0 amide bonds. The second kappa shape index (κ2) is 10.0. The van der Waals surface area contributed by atoms with E-state index in [1.165, 1.54) is 17.1 Å². The predicted molar refractivity (Wildman–Crippen MR) is 106 cm³/mol. The van der Waals surface area contributed by atoms with Gasteiger partial charge in [0, 0.05) is 23.6 Å². The van der Waals surface area contributed by atoms with Crippen LogP contribution in [-0.2, 0) is 11.3 Å². The second-order valence-electron chi connectivity index (χ2n) is 7.05. The number of alkyl halides is 5. The van der Waals surface area contributed by atoms with Gasteiger partial charge in [0.1, 0.15) is 12.3 Å². The van der Waals surface area contributed by atoms with E-state index in [4.69, 9.17) is 0 Å². The minimum absolute atomic E-state index is 0.0250. The van der Waals surface area contributed by atoms with E-state index in [1.807, 2.05) is 13.0 Å². The van der Waals surface area contributed by atoms with Crippen molar-refractivity contribution in [1.29, 1.82) is 0 Å². The molecule has 3 aromatic rings. The number of halogens is 5. The molecule has 1 atom stereocenters. The lowest BCUT2D eigenvalue weighted by atomic mass is 10.1. The highest BCUT2D eigenvalue weighted by Gasteiger charge is 2.27. The Bertz CT molecular complexity index is 1040. The second-order valence-corrected chi connectivity index (χ2v) is 7.05. The molecule has 0 saturated heterocycles. The van der Waals surface area contributed by atoms with Crippen LogP contribution in [0, 0.1) is 6.92 Å². The van der Waals surface area contributed by atoms with Gasteiger partial charge in [-0.05, 0) is 36.2 Å². The van der Waals surface area contributed by atoms with Crippen LogP contribution in [0.2, 0.25) is 0 Å². The van der Waals surface area contributed by atoms with Crippen LogP contribution < -0.4 is 5.32 Å². The fourth-order valence-electron chi connectivity index (χ4n) is 2.90. The van der Waals surface area contributed by atoms with E-state index in [1.54, 1.807) is 18.3 Å². The van der Waals surface area contributed by atoms with Crippen molar-refractivity contribution in [3.05, 3.63) is 54.1 Å². The first-order chi connectivity index (χ1) is 15.1. The van der Waals surface area contributed by atoms with Crippen LogP contribution in [0.5, 0.6) is 0 Å². The zero-order valence-corrected chi connectivity index (χ0v) is 16.9. The molecule has 12 heteroatoms. The highest BCUT2D eigenvalue weighted by atomic mass is 19.4. The molecule has 0 fully saturated rings. The molecule has 0 radical (unpaired) electrons. The third kappa shape index (κ3) is 6.95. The summed E-state index contributed by atoms with van der Waals surface area (Å²) in [6.07, 6.45) is -3.94. The predicted octanol–water partition coefficient (Wildman–Crippen LogP) is 4.27. The molecule has 0 saturated carbocycles. The summed E-state index contributed by atoms with van der Waals surface area (Å²) in [5, 5.41) is 16.9. The summed E-state index contributed by atoms with van der Waals surface area (Å²) in [6, 6.07) is 6.53. The lowest BCUT2D eigenvalue weighted by Crippen LogP contribution is -2.26. The van der Waals surface area contributed by atoms with Gasteiger partial charge in [0.2, 0.25) is 5.95 Å². The van der Waals surface area contributed by atoms with Crippen molar-refractivity contribution in [3.8, 4) is 11.1 Å². The van der Waals surface area contributed by atoms with Gasteiger partial charge in [-0.1, -0.05) is 6.07 Å². The third-order valence-electron chi connectivity index (χ3n) is 4.17. The quantitative estimate of drug-likeness (QED) is 0.467. The van der Waals surface area contributed by atoms with E-state index in [-0.39, 0.29) is 12.5 Å². The number of ether oxygens (including phenoxy) is 1. The van der Waals surface area contributed by atoms with Crippen LogP contribution in [0.3, 0.4) is 0 Å². The van der Waals surface area contributed by atoms with Gasteiger partial charge < -0.3 is 15.2 Å². The largest absolute Gasteiger partial charge is 0.411 e. The van der Waals surface area contributed by atoms with Gasteiger partial charge in [0.15, 0.2) is 0 Å². The maximum absolute atomic E-state index is 12.8. The summed E-state index contributed by atoms with van der Waals surface area (Å²) in [5.74, 6) is 0.0250. The van der Waals surface area contributed by atoms with Crippen LogP contribution in [0.4, 0.5) is 33.6 Å². The van der Waals surface area contributed by atoms with E-state index in [2.05, 4.69) is 25.1 Å². The zero-order valence-electron chi connectivity index (χ0n) is 16.9. The molecule has 7 nitrogen and oxygen atoms in total. The third-order valence-corrected chi connectivity index (χ3v) is 4.17. The maximum Gasteiger partial charge on any atom is 0.411 e. The maximum atomic E-state index is 12.8. The van der Waals surface area contributed by atoms with Crippen molar-refractivity contribution in [2.24, 2.45) is 0 Å².